The van der Waals surface area contributed by atoms with Gasteiger partial charge < -0.3 is 0 Å². The van der Waals surface area contributed by atoms with E-state index in [0.29, 0.717) is 10.5 Å². The van der Waals surface area contributed by atoms with Gasteiger partial charge in [0.05, 0.1) is 5.69 Å². The van der Waals surface area contributed by atoms with E-state index < -0.39 is 0 Å². The van der Waals surface area contributed by atoms with Crippen LogP contribution in [0.3, 0.4) is 0 Å². The van der Waals surface area contributed by atoms with E-state index in [-0.39, 0.29) is 0 Å². The van der Waals surface area contributed by atoms with Crippen molar-refractivity contribution in [3.63, 3.8) is 0 Å². The molecule has 0 fully saturated rings. The van der Waals surface area contributed by atoms with Crippen LogP contribution in [-0.4, -0.2) is 0 Å². The zero-order valence-electron chi connectivity index (χ0n) is 6.21. The van der Waals surface area contributed by atoms with Gasteiger partial charge in [0.15, 0.2) is 0 Å². The maximum atomic E-state index is 6.73. The van der Waals surface area contributed by atoms with Gasteiger partial charge in [0.2, 0.25) is 0 Å². The molecule has 1 aromatic rings. The summed E-state index contributed by atoms with van der Waals surface area (Å²) in [6, 6.07) is 7.60. The number of benzene rings is 1. The predicted molar refractivity (Wildman–Crippen MR) is 48.6 cm³/mol. The van der Waals surface area contributed by atoms with Gasteiger partial charge in [-0.25, -0.2) is 5.53 Å². The molecule has 1 rings (SSSR count). The van der Waals surface area contributed by atoms with E-state index in [1.165, 1.54) is 5.56 Å². The first-order valence-electron chi connectivity index (χ1n) is 3.35. The van der Waals surface area contributed by atoms with E-state index in [1.807, 2.05) is 24.3 Å². The van der Waals surface area contributed by atoms with Crippen LogP contribution < -0.4 is 0 Å². The highest BCUT2D eigenvalue weighted by Crippen LogP contribution is 2.23. The Kier molecular flexibility index (Phi) is 2.76. The lowest BCUT2D eigenvalue weighted by Crippen LogP contribution is -1.80. The molecular formula is C8H9BrN2. The van der Waals surface area contributed by atoms with Gasteiger partial charge in [-0.2, -0.15) is 5.11 Å². The number of hydrogen-bond donors (Lipinski definition) is 1. The Morgan fingerprint density at radius 2 is 1.91 bits per heavy atom. The van der Waals surface area contributed by atoms with Crippen molar-refractivity contribution < 1.29 is 0 Å². The summed E-state index contributed by atoms with van der Waals surface area (Å²) in [5, 5.41) is 3.31. The van der Waals surface area contributed by atoms with Crippen LogP contribution in [0.25, 0.3) is 0 Å². The SMILES string of the molecule is CC(Br)c1ccc(N=N)cc1. The lowest BCUT2D eigenvalue weighted by atomic mass is 10.1. The largest absolute Gasteiger partial charge is 0.204 e. The number of hydrogen-bond acceptors (Lipinski definition) is 2. The summed E-state index contributed by atoms with van der Waals surface area (Å²) in [5.74, 6) is 0. The zero-order valence-corrected chi connectivity index (χ0v) is 7.80. The highest BCUT2D eigenvalue weighted by molar-refractivity contribution is 9.09. The Hall–Kier alpha value is -0.700. The van der Waals surface area contributed by atoms with E-state index in [4.69, 9.17) is 5.53 Å². The third kappa shape index (κ3) is 2.12. The summed E-state index contributed by atoms with van der Waals surface area (Å²) in [6.07, 6.45) is 0. The molecule has 0 heterocycles. The van der Waals surface area contributed by atoms with Crippen molar-refractivity contribution in [3.8, 4) is 0 Å². The van der Waals surface area contributed by atoms with Gasteiger partial charge in [-0.05, 0) is 24.6 Å². The molecule has 0 aromatic heterocycles. The molecule has 0 aliphatic heterocycles. The average molecular weight is 213 g/mol. The van der Waals surface area contributed by atoms with Crippen LogP contribution >= 0.6 is 15.9 Å². The molecule has 3 heteroatoms. The minimum Gasteiger partial charge on any atom is -0.204 e. The molecule has 58 valence electrons. The molecule has 1 N–H and O–H groups in total. The third-order valence-corrected chi connectivity index (χ3v) is 2.01. The normalized spacial score (nSPS) is 12.5. The third-order valence-electron chi connectivity index (χ3n) is 1.48. The van der Waals surface area contributed by atoms with E-state index in [1.54, 1.807) is 0 Å². The van der Waals surface area contributed by atoms with Crippen molar-refractivity contribution in [1.29, 1.82) is 5.53 Å². The average Bonchev–Trinajstić information content (AvgIpc) is 2.05. The second-order valence-electron chi connectivity index (χ2n) is 2.32. The summed E-state index contributed by atoms with van der Waals surface area (Å²) in [4.78, 5) is 0.363. The van der Waals surface area contributed by atoms with Gasteiger partial charge >= 0.3 is 0 Å². The van der Waals surface area contributed by atoms with Crippen molar-refractivity contribution >= 4 is 21.6 Å². The second-order valence-corrected chi connectivity index (χ2v) is 3.69. The molecule has 11 heavy (non-hydrogen) atoms. The zero-order chi connectivity index (χ0) is 8.27. The molecule has 2 nitrogen and oxygen atoms in total. The molecule has 0 saturated heterocycles. The van der Waals surface area contributed by atoms with Crippen LogP contribution in [0.2, 0.25) is 0 Å². The predicted octanol–water partition coefficient (Wildman–Crippen LogP) is 3.80. The summed E-state index contributed by atoms with van der Waals surface area (Å²) in [5.41, 5.74) is 8.64. The fourth-order valence-electron chi connectivity index (χ4n) is 0.814. The van der Waals surface area contributed by atoms with E-state index >= 15 is 0 Å². The lowest BCUT2D eigenvalue weighted by Gasteiger charge is -2.01. The van der Waals surface area contributed by atoms with Gasteiger partial charge in [-0.15, -0.1) is 0 Å². The summed E-state index contributed by atoms with van der Waals surface area (Å²) in [6.45, 7) is 2.06. The smallest absolute Gasteiger partial charge is 0.0850 e. The molecule has 0 radical (unpaired) electrons. The van der Waals surface area contributed by atoms with Crippen molar-refractivity contribution in [1.82, 2.24) is 0 Å². The molecule has 0 spiro atoms. The highest BCUT2D eigenvalue weighted by atomic mass is 79.9. The first-order valence-corrected chi connectivity index (χ1v) is 4.27. The van der Waals surface area contributed by atoms with Gasteiger partial charge in [0.1, 0.15) is 0 Å². The Balaban J connectivity index is 2.91. The molecule has 0 aliphatic rings. The fourth-order valence-corrected chi connectivity index (χ4v) is 1.12. The number of nitrogens with zero attached hydrogens (tertiary/aromatic N) is 1. The standard InChI is InChI=1S/C8H9BrN2/c1-6(9)7-2-4-8(11-10)5-3-7/h2-6,10H,1H3. The van der Waals surface area contributed by atoms with Gasteiger partial charge in [0.25, 0.3) is 0 Å². The van der Waals surface area contributed by atoms with Crippen molar-refractivity contribution in [3.05, 3.63) is 29.8 Å². The summed E-state index contributed by atoms with van der Waals surface area (Å²) >= 11 is 3.45. The number of rotatable bonds is 2. The first kappa shape index (κ1) is 8.40. The quantitative estimate of drug-likeness (QED) is 0.572. The van der Waals surface area contributed by atoms with E-state index in [0.717, 1.165) is 0 Å². The molecule has 1 atom stereocenters. The van der Waals surface area contributed by atoms with Crippen molar-refractivity contribution in [2.24, 2.45) is 5.11 Å². The summed E-state index contributed by atoms with van der Waals surface area (Å²) in [7, 11) is 0. The van der Waals surface area contributed by atoms with Gasteiger partial charge in [-0.1, -0.05) is 28.1 Å². The number of nitrogens with one attached hydrogen (secondary N) is 1. The monoisotopic (exact) mass is 212 g/mol. The van der Waals surface area contributed by atoms with E-state index in [2.05, 4.69) is 28.0 Å². The maximum Gasteiger partial charge on any atom is 0.0850 e. The highest BCUT2D eigenvalue weighted by Gasteiger charge is 1.98. The Labute approximate surface area is 74.3 Å². The number of halogens is 1. The first-order chi connectivity index (χ1) is 5.24. The molecular weight excluding hydrogens is 204 g/mol. The lowest BCUT2D eigenvalue weighted by molar-refractivity contribution is 1.11. The Morgan fingerprint density at radius 1 is 1.36 bits per heavy atom. The van der Waals surface area contributed by atoms with Crippen LogP contribution in [0.5, 0.6) is 0 Å². The summed E-state index contributed by atoms with van der Waals surface area (Å²) < 4.78 is 0. The van der Waals surface area contributed by atoms with Gasteiger partial charge in [0, 0.05) is 4.83 Å². The topological polar surface area (TPSA) is 36.2 Å². The molecule has 1 aromatic carbocycles. The van der Waals surface area contributed by atoms with E-state index in [9.17, 15) is 0 Å². The fraction of sp³-hybridized carbons (Fsp3) is 0.250. The Bertz CT molecular complexity index is 241. The number of alkyl halides is 1. The molecule has 0 aliphatic carbocycles. The second kappa shape index (κ2) is 3.62. The molecule has 0 amide bonds. The van der Waals surface area contributed by atoms with Crippen LogP contribution in [0.4, 0.5) is 5.69 Å². The Morgan fingerprint density at radius 3 is 2.27 bits per heavy atom. The molecule has 0 bridgehead atoms. The van der Waals surface area contributed by atoms with Crippen molar-refractivity contribution in [2.75, 3.05) is 0 Å². The minimum absolute atomic E-state index is 0.363. The van der Waals surface area contributed by atoms with Crippen LogP contribution in [0, 0.1) is 5.53 Å². The molecule has 1 unspecified atom stereocenters. The van der Waals surface area contributed by atoms with Crippen LogP contribution in [-0.2, 0) is 0 Å². The van der Waals surface area contributed by atoms with Crippen molar-refractivity contribution in [2.45, 2.75) is 11.8 Å². The maximum absolute atomic E-state index is 6.73. The van der Waals surface area contributed by atoms with Crippen LogP contribution in [0.1, 0.15) is 17.3 Å². The minimum atomic E-state index is 0.363. The van der Waals surface area contributed by atoms with Gasteiger partial charge in [-0.3, -0.25) is 0 Å². The van der Waals surface area contributed by atoms with Crippen LogP contribution in [0.15, 0.2) is 29.4 Å². The molecule has 0 saturated carbocycles.